The number of hydrogen-bond acceptors (Lipinski definition) is 7. The van der Waals surface area contributed by atoms with Crippen LogP contribution in [0.5, 0.6) is 0 Å². The van der Waals surface area contributed by atoms with Gasteiger partial charge in [-0.2, -0.15) is 5.10 Å². The third-order valence-electron chi connectivity index (χ3n) is 4.84. The lowest BCUT2D eigenvalue weighted by Crippen LogP contribution is -2.19. The molecule has 0 bridgehead atoms. The number of carbonyl (C=O) groups is 1. The summed E-state index contributed by atoms with van der Waals surface area (Å²) in [4.78, 5) is 45.6. The van der Waals surface area contributed by atoms with Gasteiger partial charge in [-0.25, -0.2) is 10.1 Å². The number of ether oxygens (including phenoxy) is 1. The van der Waals surface area contributed by atoms with Crippen LogP contribution >= 0.6 is 11.3 Å². The average Bonchev–Trinajstić information content (AvgIpc) is 2.98. The largest absolute Gasteiger partial charge is 0.454 e. The minimum atomic E-state index is -0.740. The van der Waals surface area contributed by atoms with E-state index in [2.05, 4.69) is 20.2 Å². The van der Waals surface area contributed by atoms with Gasteiger partial charge in [0.15, 0.2) is 11.9 Å². The van der Waals surface area contributed by atoms with E-state index in [1.807, 2.05) is 13.8 Å². The molecule has 148 valence electrons. The third-order valence-corrected chi connectivity index (χ3v) is 5.94. The van der Waals surface area contributed by atoms with Crippen molar-refractivity contribution in [2.45, 2.75) is 33.3 Å². The Balaban J connectivity index is 1.58. The molecule has 0 aliphatic heterocycles. The molecule has 3 heterocycles. The van der Waals surface area contributed by atoms with Gasteiger partial charge in [0.25, 0.3) is 11.1 Å². The van der Waals surface area contributed by atoms with Crippen LogP contribution < -0.4 is 11.1 Å². The van der Waals surface area contributed by atoms with Crippen LogP contribution in [-0.2, 0) is 16.0 Å². The smallest absolute Gasteiger partial charge is 0.312 e. The summed E-state index contributed by atoms with van der Waals surface area (Å²) in [7, 11) is 0. The van der Waals surface area contributed by atoms with E-state index < -0.39 is 12.1 Å². The number of fused-ring (bicyclic) bond motifs is 2. The molecule has 0 saturated carbocycles. The molecule has 9 heteroatoms. The van der Waals surface area contributed by atoms with Gasteiger partial charge in [0.2, 0.25) is 0 Å². The molecule has 1 aromatic carbocycles. The molecule has 0 fully saturated rings. The first-order valence-corrected chi connectivity index (χ1v) is 9.82. The Hall–Kier alpha value is -3.33. The number of benzene rings is 1. The summed E-state index contributed by atoms with van der Waals surface area (Å²) in [6.45, 7) is 5.47. The summed E-state index contributed by atoms with van der Waals surface area (Å²) in [6, 6.07) is 6.92. The zero-order valence-electron chi connectivity index (χ0n) is 16.0. The molecular formula is C20H18N4O4S. The van der Waals surface area contributed by atoms with Crippen LogP contribution in [0.25, 0.3) is 21.0 Å². The first-order valence-electron chi connectivity index (χ1n) is 9.01. The van der Waals surface area contributed by atoms with E-state index in [0.29, 0.717) is 26.7 Å². The number of aryl methyl sites for hydroxylation is 2. The average molecular weight is 410 g/mol. The number of carbonyl (C=O) groups excluding carboxylic acids is 1. The van der Waals surface area contributed by atoms with E-state index >= 15 is 0 Å². The predicted molar refractivity (Wildman–Crippen MR) is 110 cm³/mol. The number of thiophene rings is 1. The van der Waals surface area contributed by atoms with Crippen LogP contribution in [0.2, 0.25) is 0 Å². The summed E-state index contributed by atoms with van der Waals surface area (Å²) in [5.74, 6) is -0.250. The molecule has 0 aliphatic rings. The van der Waals surface area contributed by atoms with Crippen molar-refractivity contribution in [1.82, 2.24) is 20.2 Å². The van der Waals surface area contributed by atoms with Crippen LogP contribution in [0.3, 0.4) is 0 Å². The van der Waals surface area contributed by atoms with Crippen LogP contribution in [0, 0.1) is 13.8 Å². The third kappa shape index (κ3) is 3.44. The fourth-order valence-corrected chi connectivity index (χ4v) is 4.24. The van der Waals surface area contributed by atoms with Crippen molar-refractivity contribution >= 4 is 38.3 Å². The number of nitrogens with zero attached hydrogens (tertiary/aromatic N) is 2. The molecule has 4 rings (SSSR count). The maximum atomic E-state index is 12.5. The maximum Gasteiger partial charge on any atom is 0.312 e. The van der Waals surface area contributed by atoms with Gasteiger partial charge in [-0.3, -0.25) is 14.4 Å². The number of rotatable bonds is 4. The van der Waals surface area contributed by atoms with Crippen molar-refractivity contribution in [2.24, 2.45) is 0 Å². The van der Waals surface area contributed by atoms with Gasteiger partial charge in [-0.1, -0.05) is 18.2 Å². The van der Waals surface area contributed by atoms with Crippen LogP contribution in [-0.4, -0.2) is 26.1 Å². The molecule has 29 heavy (non-hydrogen) atoms. The van der Waals surface area contributed by atoms with E-state index in [-0.39, 0.29) is 23.4 Å². The highest BCUT2D eigenvalue weighted by atomic mass is 32.1. The lowest BCUT2D eigenvalue weighted by molar-refractivity contribution is -0.148. The zero-order valence-corrected chi connectivity index (χ0v) is 16.8. The van der Waals surface area contributed by atoms with Gasteiger partial charge in [-0.15, -0.1) is 11.3 Å². The first-order chi connectivity index (χ1) is 13.8. The predicted octanol–water partition coefficient (Wildman–Crippen LogP) is 2.68. The highest BCUT2D eigenvalue weighted by molar-refractivity contribution is 7.18. The second-order valence-corrected chi connectivity index (χ2v) is 7.97. The SMILES string of the molecule is Cc1sc2nc([C@@H](C)OC(=O)Cc3n[nH]c(=O)c4ccccc34)[nH]c(=O)c2c1C. The standard InChI is InChI=1S/C20H18N4O4S/c1-9-11(3)29-20-16(9)19(27)21-17(22-20)10(2)28-15(25)8-14-12-6-4-5-7-13(12)18(26)24-23-14/h4-7,10H,8H2,1-3H3,(H,24,26)(H,21,22,27)/t10-/m1/s1. The molecule has 3 aromatic heterocycles. The Morgan fingerprint density at radius 1 is 1.17 bits per heavy atom. The lowest BCUT2D eigenvalue weighted by Gasteiger charge is -2.13. The number of H-pyrrole nitrogens is 2. The first kappa shape index (κ1) is 19.0. The Morgan fingerprint density at radius 3 is 2.66 bits per heavy atom. The number of aromatic nitrogens is 4. The molecule has 0 radical (unpaired) electrons. The van der Waals surface area contributed by atoms with Crippen molar-refractivity contribution in [1.29, 1.82) is 0 Å². The molecule has 2 N–H and O–H groups in total. The van der Waals surface area contributed by atoms with E-state index in [1.54, 1.807) is 31.2 Å². The van der Waals surface area contributed by atoms with Crippen molar-refractivity contribution in [2.75, 3.05) is 0 Å². The molecule has 0 spiro atoms. The normalized spacial score (nSPS) is 12.4. The summed E-state index contributed by atoms with van der Waals surface area (Å²) in [5, 5.41) is 8.00. The summed E-state index contributed by atoms with van der Waals surface area (Å²) in [6.07, 6.45) is -0.859. The fourth-order valence-electron chi connectivity index (χ4n) is 3.20. The van der Waals surface area contributed by atoms with E-state index in [0.717, 1.165) is 10.4 Å². The zero-order chi connectivity index (χ0) is 20.7. The molecule has 8 nitrogen and oxygen atoms in total. The number of nitrogens with one attached hydrogen (secondary N) is 2. The summed E-state index contributed by atoms with van der Waals surface area (Å²) >= 11 is 1.43. The number of esters is 1. The molecular weight excluding hydrogens is 392 g/mol. The molecule has 0 amide bonds. The highest BCUT2D eigenvalue weighted by Gasteiger charge is 2.19. The molecule has 0 aliphatic carbocycles. The van der Waals surface area contributed by atoms with E-state index in [1.165, 1.54) is 11.3 Å². The van der Waals surface area contributed by atoms with Crippen molar-refractivity contribution in [3.8, 4) is 0 Å². The second kappa shape index (κ2) is 7.25. The van der Waals surface area contributed by atoms with Gasteiger partial charge in [0.05, 0.1) is 22.9 Å². The van der Waals surface area contributed by atoms with Gasteiger partial charge in [-0.05, 0) is 32.4 Å². The minimum absolute atomic E-state index is 0.120. The quantitative estimate of drug-likeness (QED) is 0.500. The van der Waals surface area contributed by atoms with E-state index in [9.17, 15) is 14.4 Å². The molecule has 1 atom stereocenters. The maximum absolute atomic E-state index is 12.5. The monoisotopic (exact) mass is 410 g/mol. The molecule has 4 aromatic rings. The summed E-state index contributed by atoms with van der Waals surface area (Å²) < 4.78 is 5.46. The van der Waals surface area contributed by atoms with E-state index in [4.69, 9.17) is 4.74 Å². The fraction of sp³-hybridized carbons (Fsp3) is 0.250. The minimum Gasteiger partial charge on any atom is -0.454 e. The van der Waals surface area contributed by atoms with Crippen LogP contribution in [0.1, 0.15) is 35.0 Å². The van der Waals surface area contributed by atoms with Crippen LogP contribution in [0.15, 0.2) is 33.9 Å². The Kier molecular flexibility index (Phi) is 4.75. The van der Waals surface area contributed by atoms with Crippen molar-refractivity contribution in [3.05, 3.63) is 66.9 Å². The molecule has 0 unspecified atom stereocenters. The summed E-state index contributed by atoms with van der Waals surface area (Å²) in [5.41, 5.74) is 0.760. The van der Waals surface area contributed by atoms with Crippen LogP contribution in [0.4, 0.5) is 0 Å². The Labute approximate surface area is 168 Å². The molecule has 0 saturated heterocycles. The Bertz CT molecular complexity index is 1370. The van der Waals surface area contributed by atoms with Gasteiger partial charge in [0.1, 0.15) is 4.83 Å². The topological polar surface area (TPSA) is 118 Å². The Morgan fingerprint density at radius 2 is 1.90 bits per heavy atom. The number of aromatic amines is 2. The van der Waals surface area contributed by atoms with Gasteiger partial charge >= 0.3 is 5.97 Å². The van der Waals surface area contributed by atoms with Gasteiger partial charge < -0.3 is 9.72 Å². The lowest BCUT2D eigenvalue weighted by atomic mass is 10.1. The van der Waals surface area contributed by atoms with Gasteiger partial charge in [0, 0.05) is 10.3 Å². The van der Waals surface area contributed by atoms with Crippen molar-refractivity contribution < 1.29 is 9.53 Å². The van der Waals surface area contributed by atoms with Crippen molar-refractivity contribution in [3.63, 3.8) is 0 Å². The highest BCUT2D eigenvalue weighted by Crippen LogP contribution is 2.27. The number of hydrogen-bond donors (Lipinski definition) is 2. The second-order valence-electron chi connectivity index (χ2n) is 6.77.